The number of nitrogens with zero attached hydrogens (tertiary/aromatic N) is 2. The van der Waals surface area contributed by atoms with Gasteiger partial charge < -0.3 is 4.40 Å². The van der Waals surface area contributed by atoms with E-state index >= 15 is 0 Å². The summed E-state index contributed by atoms with van der Waals surface area (Å²) in [6.07, 6.45) is 6.18. The number of rotatable bonds is 6. The van der Waals surface area contributed by atoms with Crippen LogP contribution in [0.15, 0.2) is 83.0 Å². The molecule has 0 spiro atoms. The predicted octanol–water partition coefficient (Wildman–Crippen LogP) is 4.60. The van der Waals surface area contributed by atoms with E-state index in [2.05, 4.69) is 4.98 Å². The maximum atomic E-state index is 13.0. The Morgan fingerprint density at radius 3 is 2.53 bits per heavy atom. The molecule has 30 heavy (non-hydrogen) atoms. The molecular formula is C24H22N2O3S. The van der Waals surface area contributed by atoms with Gasteiger partial charge in [0.05, 0.1) is 9.79 Å². The zero-order valence-electron chi connectivity index (χ0n) is 16.9. The Bertz CT molecular complexity index is 1340. The highest BCUT2D eigenvalue weighted by molar-refractivity contribution is 7.91. The van der Waals surface area contributed by atoms with Crippen LogP contribution in [0.4, 0.5) is 0 Å². The fourth-order valence-electron chi connectivity index (χ4n) is 3.46. The van der Waals surface area contributed by atoms with Gasteiger partial charge in [0.1, 0.15) is 5.65 Å². The molecule has 0 fully saturated rings. The largest absolute Gasteiger partial charge is 0.306 e. The van der Waals surface area contributed by atoms with E-state index in [1.165, 1.54) is 0 Å². The van der Waals surface area contributed by atoms with Gasteiger partial charge >= 0.3 is 0 Å². The van der Waals surface area contributed by atoms with Crippen LogP contribution in [0.1, 0.15) is 33.5 Å². The Morgan fingerprint density at radius 2 is 1.77 bits per heavy atom. The van der Waals surface area contributed by atoms with Crippen LogP contribution in [-0.2, 0) is 16.3 Å². The van der Waals surface area contributed by atoms with Gasteiger partial charge in [0.15, 0.2) is 5.78 Å². The van der Waals surface area contributed by atoms with Crippen LogP contribution in [-0.4, -0.2) is 23.6 Å². The summed E-state index contributed by atoms with van der Waals surface area (Å²) in [6.45, 7) is 3.72. The number of benzene rings is 2. The molecule has 6 heteroatoms. The van der Waals surface area contributed by atoms with E-state index in [9.17, 15) is 13.2 Å². The van der Waals surface area contributed by atoms with Crippen molar-refractivity contribution in [2.75, 3.05) is 0 Å². The zero-order valence-corrected chi connectivity index (χ0v) is 17.7. The molecule has 0 aliphatic heterocycles. The van der Waals surface area contributed by atoms with Gasteiger partial charge in [0, 0.05) is 30.6 Å². The fourth-order valence-corrected chi connectivity index (χ4v) is 5.03. The van der Waals surface area contributed by atoms with Crippen LogP contribution < -0.4 is 0 Å². The molecule has 2 aromatic carbocycles. The Morgan fingerprint density at radius 1 is 1.00 bits per heavy atom. The molecule has 0 amide bonds. The molecule has 0 saturated heterocycles. The number of hydrogen-bond acceptors (Lipinski definition) is 4. The number of ketones is 1. The normalized spacial score (nSPS) is 11.7. The second-order valence-electron chi connectivity index (χ2n) is 7.38. The van der Waals surface area contributed by atoms with Gasteiger partial charge in [-0.05, 0) is 67.3 Å². The molecule has 0 bridgehead atoms. The molecule has 152 valence electrons. The SMILES string of the molecule is Cc1cccc(S(=O)(=O)c2ccc(CCC(=O)c3ccc4nccn4c3)cc2)c1C. The van der Waals surface area contributed by atoms with Crippen LogP contribution in [0.25, 0.3) is 5.65 Å². The van der Waals surface area contributed by atoms with Crippen LogP contribution >= 0.6 is 0 Å². The zero-order chi connectivity index (χ0) is 21.3. The molecule has 0 aliphatic rings. The summed E-state index contributed by atoms with van der Waals surface area (Å²) in [4.78, 5) is 17.3. The van der Waals surface area contributed by atoms with E-state index in [-0.39, 0.29) is 10.7 Å². The third-order valence-electron chi connectivity index (χ3n) is 5.43. The minimum Gasteiger partial charge on any atom is -0.306 e. The highest BCUT2D eigenvalue weighted by Gasteiger charge is 2.20. The molecular weight excluding hydrogens is 396 g/mol. The van der Waals surface area contributed by atoms with E-state index in [1.54, 1.807) is 61.1 Å². The van der Waals surface area contributed by atoms with Crippen LogP contribution in [0.5, 0.6) is 0 Å². The number of imidazole rings is 1. The minimum absolute atomic E-state index is 0.0395. The lowest BCUT2D eigenvalue weighted by Crippen LogP contribution is -2.06. The third kappa shape index (κ3) is 3.78. The second-order valence-corrected chi connectivity index (χ2v) is 9.30. The molecule has 0 atom stereocenters. The lowest BCUT2D eigenvalue weighted by atomic mass is 10.0. The van der Waals surface area contributed by atoms with Gasteiger partial charge in [-0.2, -0.15) is 0 Å². The Labute approximate surface area is 175 Å². The summed E-state index contributed by atoms with van der Waals surface area (Å²) in [7, 11) is -3.57. The highest BCUT2D eigenvalue weighted by Crippen LogP contribution is 2.26. The van der Waals surface area contributed by atoms with Crippen molar-refractivity contribution in [3.8, 4) is 0 Å². The van der Waals surface area contributed by atoms with Crippen molar-refractivity contribution in [3.63, 3.8) is 0 Å². The second kappa shape index (κ2) is 7.88. The predicted molar refractivity (Wildman–Crippen MR) is 116 cm³/mol. The molecule has 0 radical (unpaired) electrons. The lowest BCUT2D eigenvalue weighted by Gasteiger charge is -2.10. The summed E-state index contributed by atoms with van der Waals surface area (Å²) in [5, 5.41) is 0. The standard InChI is InChI=1S/C24H22N2O3S/c1-17-4-3-5-23(18(17)2)30(28,29)21-10-6-19(7-11-21)8-12-22(27)20-9-13-24-25-14-15-26(24)16-20/h3-7,9-11,13-16H,8,12H2,1-2H3. The number of hydrogen-bond donors (Lipinski definition) is 0. The number of carbonyl (C=O) groups is 1. The van der Waals surface area contributed by atoms with E-state index in [0.717, 1.165) is 22.3 Å². The van der Waals surface area contributed by atoms with Crippen molar-refractivity contribution in [2.45, 2.75) is 36.5 Å². The van der Waals surface area contributed by atoms with Gasteiger partial charge in [-0.15, -0.1) is 0 Å². The summed E-state index contributed by atoms with van der Waals surface area (Å²) >= 11 is 0. The molecule has 0 unspecified atom stereocenters. The summed E-state index contributed by atoms with van der Waals surface area (Å²) in [6, 6.07) is 15.7. The smallest absolute Gasteiger partial charge is 0.206 e. The van der Waals surface area contributed by atoms with Crippen molar-refractivity contribution in [1.29, 1.82) is 0 Å². The number of sulfone groups is 1. The topological polar surface area (TPSA) is 68.5 Å². The van der Waals surface area contributed by atoms with Crippen molar-refractivity contribution in [2.24, 2.45) is 0 Å². The molecule has 2 heterocycles. The number of aryl methyl sites for hydroxylation is 2. The summed E-state index contributed by atoms with van der Waals surface area (Å²) < 4.78 is 27.8. The maximum Gasteiger partial charge on any atom is 0.206 e. The molecule has 0 N–H and O–H groups in total. The van der Waals surface area contributed by atoms with Crippen LogP contribution in [0, 0.1) is 13.8 Å². The Balaban J connectivity index is 1.48. The van der Waals surface area contributed by atoms with Crippen molar-refractivity contribution < 1.29 is 13.2 Å². The van der Waals surface area contributed by atoms with E-state index in [0.29, 0.717) is 23.3 Å². The molecule has 5 nitrogen and oxygen atoms in total. The van der Waals surface area contributed by atoms with Gasteiger partial charge in [-0.3, -0.25) is 4.79 Å². The van der Waals surface area contributed by atoms with Gasteiger partial charge in [0.25, 0.3) is 0 Å². The summed E-state index contributed by atoms with van der Waals surface area (Å²) in [5.41, 5.74) is 4.07. The average Bonchev–Trinajstić information content (AvgIpc) is 3.22. The monoisotopic (exact) mass is 418 g/mol. The van der Waals surface area contributed by atoms with Crippen molar-refractivity contribution >= 4 is 21.3 Å². The van der Waals surface area contributed by atoms with Crippen molar-refractivity contribution in [3.05, 3.63) is 95.4 Å². The number of Topliss-reactive ketones (excluding diaryl/α,β-unsaturated/α-hetero) is 1. The Hall–Kier alpha value is -3.25. The first-order valence-corrected chi connectivity index (χ1v) is 11.2. The minimum atomic E-state index is -3.57. The highest BCUT2D eigenvalue weighted by atomic mass is 32.2. The molecule has 4 aromatic rings. The third-order valence-corrected chi connectivity index (χ3v) is 7.34. The molecule has 0 aliphatic carbocycles. The number of fused-ring (bicyclic) bond motifs is 1. The fraction of sp³-hybridized carbons (Fsp3) is 0.167. The Kier molecular flexibility index (Phi) is 5.26. The first-order chi connectivity index (χ1) is 14.4. The van der Waals surface area contributed by atoms with Gasteiger partial charge in [-0.25, -0.2) is 13.4 Å². The van der Waals surface area contributed by atoms with Crippen molar-refractivity contribution in [1.82, 2.24) is 9.38 Å². The molecule has 2 aromatic heterocycles. The number of pyridine rings is 1. The van der Waals surface area contributed by atoms with Crippen LogP contribution in [0.3, 0.4) is 0 Å². The lowest BCUT2D eigenvalue weighted by molar-refractivity contribution is 0.0982. The van der Waals surface area contributed by atoms with E-state index < -0.39 is 9.84 Å². The molecule has 4 rings (SSSR count). The van der Waals surface area contributed by atoms with Gasteiger partial charge in [0.2, 0.25) is 9.84 Å². The maximum absolute atomic E-state index is 13.0. The quantitative estimate of drug-likeness (QED) is 0.429. The average molecular weight is 419 g/mol. The van der Waals surface area contributed by atoms with E-state index in [1.807, 2.05) is 30.4 Å². The van der Waals surface area contributed by atoms with Gasteiger partial charge in [-0.1, -0.05) is 24.3 Å². The van der Waals surface area contributed by atoms with Crippen LogP contribution in [0.2, 0.25) is 0 Å². The van der Waals surface area contributed by atoms with E-state index in [4.69, 9.17) is 0 Å². The molecule has 0 saturated carbocycles. The number of carbonyl (C=O) groups excluding carboxylic acids is 1. The first kappa shape index (κ1) is 20.0. The summed E-state index contributed by atoms with van der Waals surface area (Å²) in [5.74, 6) is 0.0395. The first-order valence-electron chi connectivity index (χ1n) is 9.72. The number of aromatic nitrogens is 2.